The summed E-state index contributed by atoms with van der Waals surface area (Å²) in [6, 6.07) is 23.8. The van der Waals surface area contributed by atoms with Crippen molar-refractivity contribution in [2.24, 2.45) is 5.92 Å². The number of anilines is 1. The molecule has 3 heterocycles. The molecular formula is C30H29N3O5S. The number of aromatic nitrogens is 2. The third-order valence-corrected chi connectivity index (χ3v) is 7.75. The maximum Gasteiger partial charge on any atom is 0.257 e. The smallest absolute Gasteiger partial charge is 0.257 e. The van der Waals surface area contributed by atoms with Gasteiger partial charge in [-0.15, -0.1) is 0 Å². The number of carbonyl (C=O) groups excluding carboxylic acids is 1. The molecule has 2 aromatic heterocycles. The minimum Gasteiger partial charge on any atom is -0.618 e. The minimum atomic E-state index is -0.695. The van der Waals surface area contributed by atoms with Crippen LogP contribution < -0.4 is 10.0 Å². The molecule has 1 saturated heterocycles. The van der Waals surface area contributed by atoms with Crippen LogP contribution in [0, 0.1) is 11.1 Å². The summed E-state index contributed by atoms with van der Waals surface area (Å²) in [6.45, 7) is 2.04. The molecule has 0 bridgehead atoms. The van der Waals surface area contributed by atoms with Crippen molar-refractivity contribution in [3.63, 3.8) is 0 Å². The number of aliphatic hydroxyl groups is 1. The molecule has 1 fully saturated rings. The summed E-state index contributed by atoms with van der Waals surface area (Å²) in [7, 11) is 0. The van der Waals surface area contributed by atoms with Gasteiger partial charge in [-0.3, -0.25) is 9.78 Å². The molecule has 1 aliphatic rings. The fourth-order valence-electron chi connectivity index (χ4n) is 4.47. The number of amides is 1. The number of carbonyl (C=O) groups is 1. The second-order valence-corrected chi connectivity index (χ2v) is 10.4. The Balaban J connectivity index is 1.39. The van der Waals surface area contributed by atoms with Crippen LogP contribution in [0.3, 0.4) is 0 Å². The van der Waals surface area contributed by atoms with Gasteiger partial charge in [-0.2, -0.15) is 4.73 Å². The highest BCUT2D eigenvalue weighted by atomic mass is 32.2. The van der Waals surface area contributed by atoms with Gasteiger partial charge in [-0.1, -0.05) is 55.1 Å². The molecule has 8 nitrogen and oxygen atoms in total. The largest absolute Gasteiger partial charge is 0.618 e. The molecule has 0 radical (unpaired) electrons. The zero-order valence-electron chi connectivity index (χ0n) is 21.3. The molecule has 2 aromatic carbocycles. The van der Waals surface area contributed by atoms with Gasteiger partial charge < -0.3 is 25.1 Å². The van der Waals surface area contributed by atoms with Crippen LogP contribution in [0.2, 0.25) is 0 Å². The number of hydrogen-bond acceptors (Lipinski definition) is 7. The Labute approximate surface area is 231 Å². The van der Waals surface area contributed by atoms with Gasteiger partial charge in [0.1, 0.15) is 0 Å². The van der Waals surface area contributed by atoms with E-state index in [0.29, 0.717) is 22.0 Å². The lowest BCUT2D eigenvalue weighted by molar-refractivity contribution is -0.645. The van der Waals surface area contributed by atoms with Crippen LogP contribution in [0.15, 0.2) is 102 Å². The Kier molecular flexibility index (Phi) is 8.53. The molecule has 200 valence electrons. The van der Waals surface area contributed by atoms with Crippen LogP contribution >= 0.6 is 11.8 Å². The summed E-state index contributed by atoms with van der Waals surface area (Å²) in [5, 5.41) is 25.2. The lowest BCUT2D eigenvalue weighted by Crippen LogP contribution is -2.39. The monoisotopic (exact) mass is 543 g/mol. The van der Waals surface area contributed by atoms with E-state index in [-0.39, 0.29) is 30.6 Å². The number of thioether (sulfide) groups is 1. The van der Waals surface area contributed by atoms with Crippen molar-refractivity contribution in [1.82, 2.24) is 4.98 Å². The third kappa shape index (κ3) is 6.46. The first-order valence-corrected chi connectivity index (χ1v) is 13.6. The predicted octanol–water partition coefficient (Wildman–Crippen LogP) is 5.04. The number of pyridine rings is 2. The van der Waals surface area contributed by atoms with E-state index in [1.54, 1.807) is 30.5 Å². The Bertz CT molecular complexity index is 1400. The van der Waals surface area contributed by atoms with Crippen molar-refractivity contribution >= 4 is 23.4 Å². The van der Waals surface area contributed by atoms with E-state index in [1.165, 1.54) is 24.2 Å². The van der Waals surface area contributed by atoms with E-state index in [1.807, 2.05) is 54.6 Å². The first-order valence-electron chi connectivity index (χ1n) is 12.6. The molecular weight excluding hydrogens is 514 g/mol. The Morgan fingerprint density at radius 3 is 2.64 bits per heavy atom. The van der Waals surface area contributed by atoms with Crippen molar-refractivity contribution in [1.29, 1.82) is 0 Å². The van der Waals surface area contributed by atoms with Gasteiger partial charge in [0.05, 0.1) is 24.4 Å². The summed E-state index contributed by atoms with van der Waals surface area (Å²) in [5.74, 6) is 0.269. The quantitative estimate of drug-likeness (QED) is 0.182. The summed E-state index contributed by atoms with van der Waals surface area (Å²) in [5.41, 5.74) is 3.63. The van der Waals surface area contributed by atoms with Crippen molar-refractivity contribution < 1.29 is 24.1 Å². The summed E-state index contributed by atoms with van der Waals surface area (Å²) < 4.78 is 13.8. The lowest BCUT2D eigenvalue weighted by atomic mass is 9.91. The average Bonchev–Trinajstić information content (AvgIpc) is 2.98. The van der Waals surface area contributed by atoms with Gasteiger partial charge in [-0.05, 0) is 41.5 Å². The number of nitrogens with zero attached hydrogens (tertiary/aromatic N) is 2. The van der Waals surface area contributed by atoms with Crippen molar-refractivity contribution in [2.75, 3.05) is 11.1 Å². The van der Waals surface area contributed by atoms with Gasteiger partial charge in [0.15, 0.2) is 12.5 Å². The van der Waals surface area contributed by atoms with Crippen LogP contribution in [-0.2, 0) is 16.1 Å². The van der Waals surface area contributed by atoms with E-state index in [0.717, 1.165) is 21.4 Å². The normalized spacial score (nSPS) is 20.9. The molecule has 39 heavy (non-hydrogen) atoms. The maximum atomic E-state index is 12.7. The molecule has 4 unspecified atom stereocenters. The summed E-state index contributed by atoms with van der Waals surface area (Å²) in [6.07, 6.45) is 3.40. The number of rotatable bonds is 8. The van der Waals surface area contributed by atoms with Gasteiger partial charge in [0.2, 0.25) is 0 Å². The predicted molar refractivity (Wildman–Crippen MR) is 148 cm³/mol. The molecule has 0 saturated carbocycles. The van der Waals surface area contributed by atoms with E-state index >= 15 is 0 Å². The van der Waals surface area contributed by atoms with E-state index < -0.39 is 6.29 Å². The highest BCUT2D eigenvalue weighted by Gasteiger charge is 2.38. The van der Waals surface area contributed by atoms with Gasteiger partial charge in [-0.25, -0.2) is 0 Å². The number of aliphatic hydroxyl groups excluding tert-OH is 1. The van der Waals surface area contributed by atoms with Crippen LogP contribution in [0.25, 0.3) is 0 Å². The van der Waals surface area contributed by atoms with Crippen molar-refractivity contribution in [3.05, 3.63) is 125 Å². The second kappa shape index (κ2) is 12.4. The third-order valence-electron chi connectivity index (χ3n) is 6.65. The molecule has 0 spiro atoms. The number of nitrogens with one attached hydrogen (secondary N) is 1. The van der Waals surface area contributed by atoms with Crippen LogP contribution in [-0.4, -0.2) is 27.9 Å². The maximum absolute atomic E-state index is 12.7. The molecule has 2 N–H and O–H groups in total. The summed E-state index contributed by atoms with van der Waals surface area (Å²) in [4.78, 5) is 16.7. The zero-order valence-corrected chi connectivity index (χ0v) is 22.2. The van der Waals surface area contributed by atoms with Crippen molar-refractivity contribution in [3.8, 4) is 0 Å². The number of benzene rings is 2. The Morgan fingerprint density at radius 1 is 1.05 bits per heavy atom. The SMILES string of the molecule is CC1C(CSc2cccc[n+]2[O-])OC(c2cccc(NC(=O)c3cccnc3)c2)OC1c1ccc(CO)cc1. The molecule has 5 rings (SSSR count). The number of ether oxygens (including phenoxy) is 2. The topological polar surface area (TPSA) is 108 Å². The minimum absolute atomic E-state index is 0.0222. The van der Waals surface area contributed by atoms with Crippen LogP contribution in [0.1, 0.15) is 46.4 Å². The first kappa shape index (κ1) is 26.8. The van der Waals surface area contributed by atoms with Gasteiger partial charge in [0.25, 0.3) is 10.9 Å². The van der Waals surface area contributed by atoms with Gasteiger partial charge >= 0.3 is 0 Å². The van der Waals surface area contributed by atoms with E-state index in [9.17, 15) is 15.1 Å². The molecule has 4 atom stereocenters. The van der Waals surface area contributed by atoms with E-state index in [4.69, 9.17) is 9.47 Å². The second-order valence-electron chi connectivity index (χ2n) is 9.32. The average molecular weight is 544 g/mol. The lowest BCUT2D eigenvalue weighted by Gasteiger charge is -2.41. The zero-order chi connectivity index (χ0) is 27.2. The molecule has 4 aromatic rings. The number of hydrogen-bond donors (Lipinski definition) is 2. The van der Waals surface area contributed by atoms with Gasteiger partial charge in [0, 0.05) is 47.4 Å². The fraction of sp³-hybridized carbons (Fsp3) is 0.233. The summed E-state index contributed by atoms with van der Waals surface area (Å²) >= 11 is 1.44. The standard InChI is InChI=1S/C30H29N3O5S/c1-20-26(19-39-27-9-2-3-15-33(27)36)37-30(38-28(20)22-12-10-21(18-34)11-13-22)23-6-4-8-25(16-23)32-29(35)24-7-5-14-31-17-24/h2-17,20,26,28,30,34H,18-19H2,1H3,(H,32,35). The fourth-order valence-corrected chi connectivity index (χ4v) is 5.55. The molecule has 1 aliphatic heterocycles. The van der Waals surface area contributed by atoms with Crippen molar-refractivity contribution in [2.45, 2.75) is 37.1 Å². The highest BCUT2D eigenvalue weighted by molar-refractivity contribution is 7.99. The molecule has 1 amide bonds. The van der Waals surface area contributed by atoms with Crippen LogP contribution in [0.4, 0.5) is 5.69 Å². The molecule has 0 aliphatic carbocycles. The first-order chi connectivity index (χ1) is 19.0. The Morgan fingerprint density at radius 2 is 1.90 bits per heavy atom. The molecule has 9 heteroatoms. The van der Waals surface area contributed by atoms with E-state index in [2.05, 4.69) is 17.2 Å². The van der Waals surface area contributed by atoms with Crippen LogP contribution in [0.5, 0.6) is 0 Å². The Hall–Kier alpha value is -3.76. The highest BCUT2D eigenvalue weighted by Crippen LogP contribution is 2.43.